The van der Waals surface area contributed by atoms with Gasteiger partial charge in [-0.1, -0.05) is 20.8 Å². The van der Waals surface area contributed by atoms with E-state index in [0.29, 0.717) is 24.0 Å². The molecule has 0 N–H and O–H groups in total. The molecule has 82 valence electrons. The third-order valence-corrected chi connectivity index (χ3v) is 3.27. The van der Waals surface area contributed by atoms with Crippen LogP contribution in [0.2, 0.25) is 0 Å². The lowest BCUT2D eigenvalue weighted by Gasteiger charge is -2.31. The number of hydrogen-bond acceptors (Lipinski definition) is 2. The van der Waals surface area contributed by atoms with Crippen LogP contribution < -0.4 is 0 Å². The van der Waals surface area contributed by atoms with E-state index in [4.69, 9.17) is 4.74 Å². The molecular weight excluding hydrogens is 176 g/mol. The summed E-state index contributed by atoms with van der Waals surface area (Å²) >= 11 is 0. The van der Waals surface area contributed by atoms with E-state index in [9.17, 15) is 4.79 Å². The Morgan fingerprint density at radius 3 is 2.57 bits per heavy atom. The number of ketones is 1. The highest BCUT2D eigenvalue weighted by molar-refractivity contribution is 5.79. The van der Waals surface area contributed by atoms with Crippen LogP contribution in [0.4, 0.5) is 0 Å². The van der Waals surface area contributed by atoms with Gasteiger partial charge in [0.25, 0.3) is 0 Å². The maximum atomic E-state index is 11.3. The molecule has 1 aliphatic carbocycles. The van der Waals surface area contributed by atoms with Gasteiger partial charge in [-0.15, -0.1) is 0 Å². The fourth-order valence-corrected chi connectivity index (χ4v) is 1.72. The maximum absolute atomic E-state index is 11.3. The molecule has 1 fully saturated rings. The predicted octanol–water partition coefficient (Wildman–Crippen LogP) is 2.81. The average molecular weight is 198 g/mol. The molecule has 3 unspecified atom stereocenters. The third-order valence-electron chi connectivity index (χ3n) is 3.27. The molecule has 0 radical (unpaired) electrons. The van der Waals surface area contributed by atoms with Crippen molar-refractivity contribution in [3.63, 3.8) is 0 Å². The zero-order valence-electron chi connectivity index (χ0n) is 9.75. The van der Waals surface area contributed by atoms with Crippen molar-refractivity contribution >= 4 is 5.78 Å². The molecule has 14 heavy (non-hydrogen) atoms. The van der Waals surface area contributed by atoms with Crippen molar-refractivity contribution in [2.24, 2.45) is 11.8 Å². The van der Waals surface area contributed by atoms with E-state index in [2.05, 4.69) is 27.7 Å². The van der Waals surface area contributed by atoms with Gasteiger partial charge in [0.1, 0.15) is 5.78 Å². The van der Waals surface area contributed by atoms with Gasteiger partial charge in [-0.2, -0.15) is 0 Å². The van der Waals surface area contributed by atoms with Crippen LogP contribution in [0.15, 0.2) is 0 Å². The van der Waals surface area contributed by atoms with Crippen LogP contribution in [0.1, 0.15) is 47.0 Å². The molecule has 0 aromatic carbocycles. The predicted molar refractivity (Wildman–Crippen MR) is 57.2 cm³/mol. The first-order valence-corrected chi connectivity index (χ1v) is 5.68. The van der Waals surface area contributed by atoms with E-state index < -0.39 is 0 Å². The molecule has 0 aromatic heterocycles. The van der Waals surface area contributed by atoms with Crippen LogP contribution in [0.5, 0.6) is 0 Å². The summed E-state index contributed by atoms with van der Waals surface area (Å²) < 4.78 is 5.91. The van der Waals surface area contributed by atoms with Crippen molar-refractivity contribution in [1.82, 2.24) is 0 Å². The number of hydrogen-bond donors (Lipinski definition) is 0. The van der Waals surface area contributed by atoms with Gasteiger partial charge in [0.05, 0.1) is 12.2 Å². The first-order chi connectivity index (χ1) is 6.50. The monoisotopic (exact) mass is 198 g/mol. The molecule has 0 saturated heterocycles. The first-order valence-electron chi connectivity index (χ1n) is 5.68. The largest absolute Gasteiger partial charge is 0.374 e. The molecule has 1 rings (SSSR count). The molecule has 0 aliphatic heterocycles. The van der Waals surface area contributed by atoms with Gasteiger partial charge < -0.3 is 4.74 Å². The Labute approximate surface area is 87.0 Å². The van der Waals surface area contributed by atoms with Gasteiger partial charge in [0.2, 0.25) is 0 Å². The number of ether oxygens (including phenoxy) is 1. The number of carbonyl (C=O) groups is 1. The fraction of sp³-hybridized carbons (Fsp3) is 0.917. The quantitative estimate of drug-likeness (QED) is 0.697. The SMILES string of the molecule is CC(C)C(C)OC1CC(=O)CCC1C. The lowest BCUT2D eigenvalue weighted by atomic mass is 9.87. The molecule has 0 amide bonds. The summed E-state index contributed by atoms with van der Waals surface area (Å²) in [5.74, 6) is 1.43. The van der Waals surface area contributed by atoms with Crippen LogP contribution >= 0.6 is 0 Å². The van der Waals surface area contributed by atoms with E-state index in [1.807, 2.05) is 0 Å². The second-order valence-electron chi connectivity index (χ2n) is 4.88. The second-order valence-corrected chi connectivity index (χ2v) is 4.88. The minimum Gasteiger partial charge on any atom is -0.374 e. The molecule has 0 heterocycles. The van der Waals surface area contributed by atoms with Crippen molar-refractivity contribution in [3.05, 3.63) is 0 Å². The topological polar surface area (TPSA) is 26.3 Å². The first kappa shape index (κ1) is 11.7. The minimum absolute atomic E-state index is 0.161. The van der Waals surface area contributed by atoms with E-state index in [1.165, 1.54) is 0 Å². The normalized spacial score (nSPS) is 30.8. The van der Waals surface area contributed by atoms with Crippen LogP contribution in [0.25, 0.3) is 0 Å². The minimum atomic E-state index is 0.161. The van der Waals surface area contributed by atoms with Crippen LogP contribution in [-0.2, 0) is 9.53 Å². The molecule has 3 atom stereocenters. The van der Waals surface area contributed by atoms with Crippen molar-refractivity contribution in [2.45, 2.75) is 59.2 Å². The molecule has 1 aliphatic rings. The highest BCUT2D eigenvalue weighted by Gasteiger charge is 2.28. The molecule has 2 heteroatoms. The Morgan fingerprint density at radius 1 is 1.36 bits per heavy atom. The molecule has 0 spiro atoms. The van der Waals surface area contributed by atoms with E-state index in [1.54, 1.807) is 0 Å². The van der Waals surface area contributed by atoms with Gasteiger partial charge in [-0.05, 0) is 25.2 Å². The van der Waals surface area contributed by atoms with E-state index in [0.717, 1.165) is 12.8 Å². The third kappa shape index (κ3) is 3.09. The Morgan fingerprint density at radius 2 is 2.00 bits per heavy atom. The highest BCUT2D eigenvalue weighted by Crippen LogP contribution is 2.26. The van der Waals surface area contributed by atoms with Gasteiger partial charge in [-0.3, -0.25) is 4.79 Å². The molecule has 0 bridgehead atoms. The van der Waals surface area contributed by atoms with Crippen molar-refractivity contribution in [2.75, 3.05) is 0 Å². The maximum Gasteiger partial charge on any atom is 0.135 e. The van der Waals surface area contributed by atoms with Gasteiger partial charge >= 0.3 is 0 Å². The fourth-order valence-electron chi connectivity index (χ4n) is 1.72. The van der Waals surface area contributed by atoms with E-state index >= 15 is 0 Å². The summed E-state index contributed by atoms with van der Waals surface area (Å²) in [6.45, 7) is 8.58. The Hall–Kier alpha value is -0.370. The molecular formula is C12H22O2. The zero-order chi connectivity index (χ0) is 10.7. The number of rotatable bonds is 3. The molecule has 2 nitrogen and oxygen atoms in total. The second kappa shape index (κ2) is 4.92. The highest BCUT2D eigenvalue weighted by atomic mass is 16.5. The average Bonchev–Trinajstić information content (AvgIpc) is 2.11. The smallest absolute Gasteiger partial charge is 0.135 e. The Kier molecular flexibility index (Phi) is 4.11. The Balaban J connectivity index is 2.45. The number of carbonyl (C=O) groups excluding carboxylic acids is 1. The lowest BCUT2D eigenvalue weighted by Crippen LogP contribution is -2.34. The summed E-state index contributed by atoms with van der Waals surface area (Å²) in [5, 5.41) is 0. The van der Waals surface area contributed by atoms with Crippen molar-refractivity contribution < 1.29 is 9.53 Å². The summed E-state index contributed by atoms with van der Waals surface area (Å²) in [7, 11) is 0. The summed E-state index contributed by atoms with van der Waals surface area (Å²) in [5.41, 5.74) is 0. The van der Waals surface area contributed by atoms with Gasteiger partial charge in [0, 0.05) is 12.8 Å². The summed E-state index contributed by atoms with van der Waals surface area (Å²) in [4.78, 5) is 11.3. The Bertz CT molecular complexity index is 198. The van der Waals surface area contributed by atoms with Crippen molar-refractivity contribution in [1.29, 1.82) is 0 Å². The number of Topliss-reactive ketones (excluding diaryl/α,β-unsaturated/α-hetero) is 1. The van der Waals surface area contributed by atoms with Crippen molar-refractivity contribution in [3.8, 4) is 0 Å². The molecule has 1 saturated carbocycles. The lowest BCUT2D eigenvalue weighted by molar-refractivity contribution is -0.130. The van der Waals surface area contributed by atoms with E-state index in [-0.39, 0.29) is 12.2 Å². The summed E-state index contributed by atoms with van der Waals surface area (Å²) in [6, 6.07) is 0. The summed E-state index contributed by atoms with van der Waals surface area (Å²) in [6.07, 6.45) is 2.78. The zero-order valence-corrected chi connectivity index (χ0v) is 9.75. The standard InChI is InChI=1S/C12H22O2/c1-8(2)10(4)14-12-7-11(13)6-5-9(12)3/h8-10,12H,5-7H2,1-4H3. The molecule has 0 aromatic rings. The van der Waals surface area contributed by atoms with Crippen LogP contribution in [0.3, 0.4) is 0 Å². The van der Waals surface area contributed by atoms with Crippen LogP contribution in [-0.4, -0.2) is 18.0 Å². The van der Waals surface area contributed by atoms with Gasteiger partial charge in [0.15, 0.2) is 0 Å². The van der Waals surface area contributed by atoms with Gasteiger partial charge in [-0.25, -0.2) is 0 Å². The van der Waals surface area contributed by atoms with Crippen LogP contribution in [0, 0.1) is 11.8 Å².